The fraction of sp³-hybridized carbons (Fsp3) is 1.00. The standard InChI is InChI=1S/C9H19N/c1-7(2)6-9-8(3)4-5-10-9/h7-10H,4-6H2,1-3H3. The zero-order chi connectivity index (χ0) is 7.56. The van der Waals surface area contributed by atoms with Crippen LogP contribution in [0, 0.1) is 11.8 Å². The predicted octanol–water partition coefficient (Wildman–Crippen LogP) is 2.03. The topological polar surface area (TPSA) is 12.0 Å². The Balaban J connectivity index is 2.26. The molecule has 60 valence electrons. The van der Waals surface area contributed by atoms with Crippen molar-refractivity contribution in [3.05, 3.63) is 0 Å². The van der Waals surface area contributed by atoms with E-state index in [9.17, 15) is 0 Å². The Morgan fingerprint density at radius 1 is 1.50 bits per heavy atom. The van der Waals surface area contributed by atoms with E-state index >= 15 is 0 Å². The van der Waals surface area contributed by atoms with Crippen molar-refractivity contribution in [2.75, 3.05) is 6.54 Å². The Kier molecular flexibility index (Phi) is 2.72. The quantitative estimate of drug-likeness (QED) is 0.620. The molecule has 1 heteroatoms. The highest BCUT2D eigenvalue weighted by Gasteiger charge is 2.22. The van der Waals surface area contributed by atoms with Crippen LogP contribution in [0.1, 0.15) is 33.6 Å². The summed E-state index contributed by atoms with van der Waals surface area (Å²) in [5.41, 5.74) is 0. The first-order valence-corrected chi connectivity index (χ1v) is 4.43. The van der Waals surface area contributed by atoms with Crippen molar-refractivity contribution in [2.24, 2.45) is 11.8 Å². The molecule has 1 rings (SSSR count). The van der Waals surface area contributed by atoms with E-state index < -0.39 is 0 Å². The highest BCUT2D eigenvalue weighted by molar-refractivity contribution is 4.81. The van der Waals surface area contributed by atoms with E-state index in [-0.39, 0.29) is 0 Å². The van der Waals surface area contributed by atoms with Gasteiger partial charge in [0.1, 0.15) is 0 Å². The number of hydrogen-bond donors (Lipinski definition) is 1. The highest BCUT2D eigenvalue weighted by Crippen LogP contribution is 2.20. The third-order valence-electron chi connectivity index (χ3n) is 2.42. The summed E-state index contributed by atoms with van der Waals surface area (Å²) in [4.78, 5) is 0. The number of rotatable bonds is 2. The molecule has 0 aromatic heterocycles. The van der Waals surface area contributed by atoms with Gasteiger partial charge in [-0.3, -0.25) is 0 Å². The second-order valence-electron chi connectivity index (χ2n) is 3.96. The van der Waals surface area contributed by atoms with Gasteiger partial charge in [0.2, 0.25) is 0 Å². The Hall–Kier alpha value is -0.0400. The van der Waals surface area contributed by atoms with Gasteiger partial charge in [-0.15, -0.1) is 0 Å². The predicted molar refractivity (Wildman–Crippen MR) is 45.0 cm³/mol. The molecule has 1 saturated heterocycles. The molecule has 2 atom stereocenters. The molecule has 2 unspecified atom stereocenters. The van der Waals surface area contributed by atoms with Gasteiger partial charge in [0.05, 0.1) is 0 Å². The monoisotopic (exact) mass is 141 g/mol. The molecule has 1 nitrogen and oxygen atoms in total. The van der Waals surface area contributed by atoms with Crippen molar-refractivity contribution >= 4 is 0 Å². The fourth-order valence-corrected chi connectivity index (χ4v) is 1.72. The lowest BCUT2D eigenvalue weighted by atomic mass is 9.95. The van der Waals surface area contributed by atoms with Gasteiger partial charge < -0.3 is 5.32 Å². The Morgan fingerprint density at radius 2 is 2.20 bits per heavy atom. The van der Waals surface area contributed by atoms with E-state index in [1.807, 2.05) is 0 Å². The lowest BCUT2D eigenvalue weighted by Crippen LogP contribution is -2.27. The maximum atomic E-state index is 3.54. The van der Waals surface area contributed by atoms with E-state index in [1.165, 1.54) is 19.4 Å². The minimum atomic E-state index is 0.806. The first kappa shape index (κ1) is 8.06. The lowest BCUT2D eigenvalue weighted by Gasteiger charge is -2.17. The van der Waals surface area contributed by atoms with Crippen LogP contribution in [0.15, 0.2) is 0 Å². The summed E-state index contributed by atoms with van der Waals surface area (Å²) in [6, 6.07) is 0.806. The molecule has 0 aromatic carbocycles. The number of nitrogens with one attached hydrogen (secondary N) is 1. The van der Waals surface area contributed by atoms with Crippen molar-refractivity contribution in [1.29, 1.82) is 0 Å². The summed E-state index contributed by atoms with van der Waals surface area (Å²) in [6.07, 6.45) is 2.72. The minimum Gasteiger partial charge on any atom is -0.314 e. The molecular formula is C9H19N. The van der Waals surface area contributed by atoms with Gasteiger partial charge in [0.25, 0.3) is 0 Å². The zero-order valence-corrected chi connectivity index (χ0v) is 7.35. The summed E-state index contributed by atoms with van der Waals surface area (Å²) in [7, 11) is 0. The molecule has 0 aliphatic carbocycles. The van der Waals surface area contributed by atoms with Crippen LogP contribution in [0.3, 0.4) is 0 Å². The van der Waals surface area contributed by atoms with Crippen molar-refractivity contribution in [1.82, 2.24) is 5.32 Å². The lowest BCUT2D eigenvalue weighted by molar-refractivity contribution is 0.396. The summed E-state index contributed by atoms with van der Waals surface area (Å²) in [5.74, 6) is 1.75. The fourth-order valence-electron chi connectivity index (χ4n) is 1.72. The Morgan fingerprint density at radius 3 is 2.60 bits per heavy atom. The van der Waals surface area contributed by atoms with E-state index in [2.05, 4.69) is 26.1 Å². The van der Waals surface area contributed by atoms with Crippen molar-refractivity contribution in [2.45, 2.75) is 39.7 Å². The zero-order valence-electron chi connectivity index (χ0n) is 7.35. The molecule has 0 amide bonds. The third-order valence-corrected chi connectivity index (χ3v) is 2.42. The van der Waals surface area contributed by atoms with E-state index in [4.69, 9.17) is 0 Å². The van der Waals surface area contributed by atoms with Crippen LogP contribution in [0.4, 0.5) is 0 Å². The molecule has 0 radical (unpaired) electrons. The molecule has 1 N–H and O–H groups in total. The van der Waals surface area contributed by atoms with Crippen LogP contribution in [0.5, 0.6) is 0 Å². The summed E-state index contributed by atoms with van der Waals surface area (Å²) < 4.78 is 0. The average Bonchev–Trinajstić information content (AvgIpc) is 2.15. The maximum absolute atomic E-state index is 3.54. The SMILES string of the molecule is CC(C)CC1NCCC1C. The van der Waals surface area contributed by atoms with E-state index in [0.717, 1.165) is 17.9 Å². The first-order chi connectivity index (χ1) is 4.70. The average molecular weight is 141 g/mol. The van der Waals surface area contributed by atoms with Crippen LogP contribution in [-0.2, 0) is 0 Å². The Labute approximate surface area is 64.2 Å². The highest BCUT2D eigenvalue weighted by atomic mass is 14.9. The molecular weight excluding hydrogens is 122 g/mol. The first-order valence-electron chi connectivity index (χ1n) is 4.43. The molecule has 0 bridgehead atoms. The van der Waals surface area contributed by atoms with Gasteiger partial charge >= 0.3 is 0 Å². The molecule has 0 saturated carbocycles. The van der Waals surface area contributed by atoms with Gasteiger partial charge in [-0.25, -0.2) is 0 Å². The maximum Gasteiger partial charge on any atom is 0.00956 e. The van der Waals surface area contributed by atoms with E-state index in [0.29, 0.717) is 0 Å². The Bertz CT molecular complexity index is 98.9. The minimum absolute atomic E-state index is 0.806. The molecule has 1 fully saturated rings. The van der Waals surface area contributed by atoms with Crippen molar-refractivity contribution in [3.63, 3.8) is 0 Å². The van der Waals surface area contributed by atoms with Crippen LogP contribution in [0.2, 0.25) is 0 Å². The summed E-state index contributed by atoms with van der Waals surface area (Å²) >= 11 is 0. The smallest absolute Gasteiger partial charge is 0.00956 e. The number of hydrogen-bond acceptors (Lipinski definition) is 1. The third kappa shape index (κ3) is 1.98. The molecule has 1 heterocycles. The molecule has 0 aromatic rings. The van der Waals surface area contributed by atoms with Gasteiger partial charge in [-0.05, 0) is 31.2 Å². The largest absolute Gasteiger partial charge is 0.314 e. The summed E-state index contributed by atoms with van der Waals surface area (Å²) in [6.45, 7) is 8.19. The summed E-state index contributed by atoms with van der Waals surface area (Å²) in [5, 5.41) is 3.54. The van der Waals surface area contributed by atoms with Crippen LogP contribution < -0.4 is 5.32 Å². The molecule has 0 spiro atoms. The molecule has 10 heavy (non-hydrogen) atoms. The van der Waals surface area contributed by atoms with Gasteiger partial charge in [-0.1, -0.05) is 20.8 Å². The molecule has 1 aliphatic rings. The van der Waals surface area contributed by atoms with E-state index in [1.54, 1.807) is 0 Å². The second kappa shape index (κ2) is 3.38. The second-order valence-corrected chi connectivity index (χ2v) is 3.96. The normalized spacial score (nSPS) is 33.6. The van der Waals surface area contributed by atoms with Gasteiger partial charge in [-0.2, -0.15) is 0 Å². The van der Waals surface area contributed by atoms with Crippen molar-refractivity contribution < 1.29 is 0 Å². The van der Waals surface area contributed by atoms with Gasteiger partial charge in [0, 0.05) is 6.04 Å². The van der Waals surface area contributed by atoms with Crippen LogP contribution in [-0.4, -0.2) is 12.6 Å². The molecule has 1 aliphatic heterocycles. The van der Waals surface area contributed by atoms with Gasteiger partial charge in [0.15, 0.2) is 0 Å². The van der Waals surface area contributed by atoms with Crippen LogP contribution in [0.25, 0.3) is 0 Å². The van der Waals surface area contributed by atoms with Crippen molar-refractivity contribution in [3.8, 4) is 0 Å². The van der Waals surface area contributed by atoms with Crippen LogP contribution >= 0.6 is 0 Å².